The average molecular weight is 490 g/mol. The van der Waals surface area contributed by atoms with Crippen LogP contribution in [0.2, 0.25) is 5.02 Å². The second-order valence-corrected chi connectivity index (χ2v) is 8.65. The van der Waals surface area contributed by atoms with E-state index in [1.165, 1.54) is 0 Å². The summed E-state index contributed by atoms with van der Waals surface area (Å²) in [6.07, 6.45) is 0. The third kappa shape index (κ3) is 3.68. The molecule has 0 N–H and O–H groups in total. The number of benzene rings is 2. The fraction of sp³-hybridized carbons (Fsp3) is 0.304. The minimum atomic E-state index is -0.490. The van der Waals surface area contributed by atoms with Crippen molar-refractivity contribution in [3.05, 3.63) is 79.1 Å². The van der Waals surface area contributed by atoms with Crippen LogP contribution in [0.4, 0.5) is 0 Å². The molecule has 30 heavy (non-hydrogen) atoms. The highest BCUT2D eigenvalue weighted by Gasteiger charge is 2.42. The van der Waals surface area contributed by atoms with E-state index in [4.69, 9.17) is 16.0 Å². The summed E-state index contributed by atoms with van der Waals surface area (Å²) in [5.74, 6) is -0.124. The van der Waals surface area contributed by atoms with Gasteiger partial charge in [0.15, 0.2) is 5.43 Å². The predicted molar refractivity (Wildman–Crippen MR) is 122 cm³/mol. The zero-order valence-electron chi connectivity index (χ0n) is 16.8. The minimum Gasteiger partial charge on any atom is -0.450 e. The summed E-state index contributed by atoms with van der Waals surface area (Å²) in [7, 11) is 0. The van der Waals surface area contributed by atoms with E-state index in [1.54, 1.807) is 23.1 Å². The van der Waals surface area contributed by atoms with Crippen LogP contribution < -0.4 is 5.43 Å². The highest BCUT2D eigenvalue weighted by Crippen LogP contribution is 2.38. The molecule has 2 aromatic carbocycles. The van der Waals surface area contributed by atoms with E-state index in [-0.39, 0.29) is 17.1 Å². The highest BCUT2D eigenvalue weighted by molar-refractivity contribution is 9.10. The maximum Gasteiger partial charge on any atom is 0.290 e. The first-order valence-electron chi connectivity index (χ1n) is 9.99. The Kier molecular flexibility index (Phi) is 6.00. The van der Waals surface area contributed by atoms with Gasteiger partial charge in [0.25, 0.3) is 5.91 Å². The number of hydrogen-bond donors (Lipinski definition) is 0. The number of likely N-dealkylation sites (N-methyl/N-ethyl adjacent to an activating group) is 1. The van der Waals surface area contributed by atoms with Gasteiger partial charge in [0.2, 0.25) is 5.76 Å². The molecule has 1 atom stereocenters. The molecule has 0 spiro atoms. The summed E-state index contributed by atoms with van der Waals surface area (Å²) >= 11 is 9.57. The van der Waals surface area contributed by atoms with Crippen molar-refractivity contribution in [2.24, 2.45) is 0 Å². The van der Waals surface area contributed by atoms with Gasteiger partial charge < -0.3 is 14.2 Å². The van der Waals surface area contributed by atoms with Gasteiger partial charge >= 0.3 is 0 Å². The lowest BCUT2D eigenvalue weighted by Crippen LogP contribution is -2.37. The van der Waals surface area contributed by atoms with Gasteiger partial charge in [-0.15, -0.1) is 0 Å². The first kappa shape index (κ1) is 21.1. The monoisotopic (exact) mass is 488 g/mol. The van der Waals surface area contributed by atoms with Crippen molar-refractivity contribution in [3.63, 3.8) is 0 Å². The lowest BCUT2D eigenvalue weighted by Gasteiger charge is -2.28. The lowest BCUT2D eigenvalue weighted by molar-refractivity contribution is 0.0708. The molecule has 5 nitrogen and oxygen atoms in total. The Hall–Kier alpha value is -2.15. The molecule has 1 unspecified atom stereocenters. The second-order valence-electron chi connectivity index (χ2n) is 7.29. The molecule has 1 aliphatic heterocycles. The van der Waals surface area contributed by atoms with Crippen LogP contribution in [0.3, 0.4) is 0 Å². The number of amides is 1. The Morgan fingerprint density at radius 1 is 1.10 bits per heavy atom. The van der Waals surface area contributed by atoms with Crippen LogP contribution in [0.5, 0.6) is 0 Å². The molecule has 0 fully saturated rings. The van der Waals surface area contributed by atoms with Gasteiger partial charge in [-0.3, -0.25) is 9.59 Å². The van der Waals surface area contributed by atoms with E-state index in [0.29, 0.717) is 28.1 Å². The van der Waals surface area contributed by atoms with Gasteiger partial charge in [-0.05, 0) is 49.0 Å². The van der Waals surface area contributed by atoms with E-state index in [1.807, 2.05) is 24.3 Å². The first-order valence-corrected chi connectivity index (χ1v) is 11.2. The van der Waals surface area contributed by atoms with Crippen LogP contribution in [-0.2, 0) is 0 Å². The first-order chi connectivity index (χ1) is 14.4. The number of carbonyl (C=O) groups is 1. The topological polar surface area (TPSA) is 53.8 Å². The van der Waals surface area contributed by atoms with Crippen molar-refractivity contribution in [2.75, 3.05) is 26.2 Å². The molecule has 4 rings (SSSR count). The summed E-state index contributed by atoms with van der Waals surface area (Å²) in [5.41, 5.74) is 1.42. The molecule has 7 heteroatoms. The van der Waals surface area contributed by atoms with Crippen LogP contribution in [0, 0.1) is 0 Å². The number of hydrogen-bond acceptors (Lipinski definition) is 4. The van der Waals surface area contributed by atoms with Gasteiger partial charge in [0.1, 0.15) is 5.58 Å². The molecular formula is C23H22BrClN2O3. The van der Waals surface area contributed by atoms with Crippen molar-refractivity contribution in [1.29, 1.82) is 0 Å². The predicted octanol–water partition coefficient (Wildman–Crippen LogP) is 5.10. The summed E-state index contributed by atoms with van der Waals surface area (Å²) in [5, 5.41) is 0.847. The standard InChI is InChI=1S/C23H22BrClN2O3/c1-3-26(4-2)11-12-27-20(14-5-7-15(24)8-6-14)19-21(28)17-13-16(25)9-10-18(17)30-22(19)23(27)29/h5-10,13,20H,3-4,11-12H2,1-2H3. The summed E-state index contributed by atoms with van der Waals surface area (Å²) in [6.45, 7) is 7.21. The number of rotatable bonds is 6. The molecule has 156 valence electrons. The number of halogens is 2. The van der Waals surface area contributed by atoms with Crippen LogP contribution in [-0.4, -0.2) is 41.9 Å². The van der Waals surface area contributed by atoms with Gasteiger partial charge in [-0.25, -0.2) is 0 Å². The normalized spacial score (nSPS) is 16.0. The Morgan fingerprint density at radius 3 is 2.47 bits per heavy atom. The maximum absolute atomic E-state index is 13.4. The third-order valence-corrected chi connectivity index (χ3v) is 6.43. The molecule has 3 aromatic rings. The Bertz CT molecular complexity index is 1160. The number of carbonyl (C=O) groups excluding carboxylic acids is 1. The molecule has 1 amide bonds. The van der Waals surface area contributed by atoms with E-state index in [9.17, 15) is 9.59 Å². The van der Waals surface area contributed by atoms with E-state index >= 15 is 0 Å². The maximum atomic E-state index is 13.4. The fourth-order valence-electron chi connectivity index (χ4n) is 4.00. The second kappa shape index (κ2) is 8.53. The van der Waals surface area contributed by atoms with Gasteiger partial charge in [-0.1, -0.05) is 53.5 Å². The Morgan fingerprint density at radius 2 is 1.80 bits per heavy atom. The largest absolute Gasteiger partial charge is 0.450 e. The number of nitrogens with zero attached hydrogens (tertiary/aromatic N) is 2. The molecule has 0 saturated carbocycles. The number of fused-ring (bicyclic) bond motifs is 2. The Labute approximate surface area is 188 Å². The molecule has 2 heterocycles. The smallest absolute Gasteiger partial charge is 0.290 e. The molecule has 0 radical (unpaired) electrons. The van der Waals surface area contributed by atoms with Crippen molar-refractivity contribution >= 4 is 44.4 Å². The Balaban J connectivity index is 1.87. The minimum absolute atomic E-state index is 0.127. The van der Waals surface area contributed by atoms with Gasteiger partial charge in [0.05, 0.1) is 17.0 Å². The zero-order valence-corrected chi connectivity index (χ0v) is 19.2. The fourth-order valence-corrected chi connectivity index (χ4v) is 4.44. The quantitative estimate of drug-likeness (QED) is 0.484. The van der Waals surface area contributed by atoms with Gasteiger partial charge in [-0.2, -0.15) is 0 Å². The summed E-state index contributed by atoms with van der Waals surface area (Å²) < 4.78 is 6.88. The van der Waals surface area contributed by atoms with Crippen LogP contribution >= 0.6 is 27.5 Å². The third-order valence-electron chi connectivity index (χ3n) is 5.67. The van der Waals surface area contributed by atoms with Crippen molar-refractivity contribution < 1.29 is 9.21 Å². The molecular weight excluding hydrogens is 468 g/mol. The van der Waals surface area contributed by atoms with E-state index in [0.717, 1.165) is 29.7 Å². The molecule has 1 aliphatic rings. The van der Waals surface area contributed by atoms with Crippen LogP contribution in [0.15, 0.2) is 56.1 Å². The lowest BCUT2D eigenvalue weighted by atomic mass is 9.98. The SMILES string of the molecule is CCN(CC)CCN1C(=O)c2oc3ccc(Cl)cc3c(=O)c2C1c1ccc(Br)cc1. The zero-order chi connectivity index (χ0) is 21.4. The van der Waals surface area contributed by atoms with E-state index < -0.39 is 6.04 Å². The highest BCUT2D eigenvalue weighted by atomic mass is 79.9. The van der Waals surface area contributed by atoms with Crippen LogP contribution in [0.1, 0.15) is 41.6 Å². The summed E-state index contributed by atoms with van der Waals surface area (Å²) in [6, 6.07) is 12.1. The van der Waals surface area contributed by atoms with Crippen LogP contribution in [0.25, 0.3) is 11.0 Å². The molecule has 0 aliphatic carbocycles. The van der Waals surface area contributed by atoms with E-state index in [2.05, 4.69) is 34.7 Å². The van der Waals surface area contributed by atoms with Crippen molar-refractivity contribution in [1.82, 2.24) is 9.80 Å². The average Bonchev–Trinajstić information content (AvgIpc) is 3.02. The molecule has 0 bridgehead atoms. The van der Waals surface area contributed by atoms with Gasteiger partial charge in [0, 0.05) is 22.6 Å². The molecule has 1 aromatic heterocycles. The molecule has 0 saturated heterocycles. The van der Waals surface area contributed by atoms with Crippen molar-refractivity contribution in [3.8, 4) is 0 Å². The van der Waals surface area contributed by atoms with Crippen molar-refractivity contribution in [2.45, 2.75) is 19.9 Å². The summed E-state index contributed by atoms with van der Waals surface area (Å²) in [4.78, 5) is 30.8.